The Morgan fingerprint density at radius 3 is 2.76 bits per heavy atom. The first-order valence-electron chi connectivity index (χ1n) is 7.85. The highest BCUT2D eigenvalue weighted by atomic mass is 35.5. The number of hydrogen-bond acceptors (Lipinski definition) is 4. The van der Waals surface area contributed by atoms with Crippen molar-refractivity contribution in [1.29, 1.82) is 0 Å². The van der Waals surface area contributed by atoms with E-state index in [2.05, 4.69) is 0 Å². The first-order chi connectivity index (χ1) is 12.1. The van der Waals surface area contributed by atoms with E-state index in [0.717, 1.165) is 16.7 Å². The third-order valence-corrected chi connectivity index (χ3v) is 5.78. The SMILES string of the molecule is O=C(c1cc2ccccc2oc1=O)N1CCS[C@H]1c1ccccc1Cl. The van der Waals surface area contributed by atoms with E-state index in [1.54, 1.807) is 34.9 Å². The fourth-order valence-corrected chi connectivity index (χ4v) is 4.57. The number of nitrogens with zero attached hydrogens (tertiary/aromatic N) is 1. The van der Waals surface area contributed by atoms with Gasteiger partial charge in [-0.05, 0) is 18.2 Å². The maximum atomic E-state index is 13.0. The summed E-state index contributed by atoms with van der Waals surface area (Å²) in [6.07, 6.45) is 0. The molecule has 1 amide bonds. The van der Waals surface area contributed by atoms with Crippen LogP contribution >= 0.6 is 23.4 Å². The van der Waals surface area contributed by atoms with Crippen molar-refractivity contribution in [3.05, 3.63) is 81.2 Å². The molecule has 4 nitrogen and oxygen atoms in total. The highest BCUT2D eigenvalue weighted by Crippen LogP contribution is 2.41. The van der Waals surface area contributed by atoms with Gasteiger partial charge in [0.1, 0.15) is 16.5 Å². The Morgan fingerprint density at radius 2 is 1.92 bits per heavy atom. The van der Waals surface area contributed by atoms with Crippen LogP contribution in [0, 0.1) is 0 Å². The molecule has 0 spiro atoms. The quantitative estimate of drug-likeness (QED) is 0.629. The largest absolute Gasteiger partial charge is 0.422 e. The predicted molar refractivity (Wildman–Crippen MR) is 100 cm³/mol. The van der Waals surface area contributed by atoms with Crippen molar-refractivity contribution in [2.45, 2.75) is 5.37 Å². The van der Waals surface area contributed by atoms with E-state index in [9.17, 15) is 9.59 Å². The second-order valence-corrected chi connectivity index (χ2v) is 7.32. The molecule has 1 saturated heterocycles. The van der Waals surface area contributed by atoms with Crippen molar-refractivity contribution in [3.63, 3.8) is 0 Å². The van der Waals surface area contributed by atoms with E-state index in [1.165, 1.54) is 0 Å². The van der Waals surface area contributed by atoms with E-state index in [0.29, 0.717) is 17.2 Å². The van der Waals surface area contributed by atoms with Gasteiger partial charge in [-0.15, -0.1) is 11.8 Å². The molecule has 1 fully saturated rings. The fourth-order valence-electron chi connectivity index (χ4n) is 2.98. The Labute approximate surface area is 153 Å². The third-order valence-electron chi connectivity index (χ3n) is 4.19. The number of halogens is 1. The Hall–Kier alpha value is -2.24. The molecule has 126 valence electrons. The number of para-hydroxylation sites is 1. The second-order valence-electron chi connectivity index (χ2n) is 5.73. The van der Waals surface area contributed by atoms with Crippen LogP contribution < -0.4 is 5.63 Å². The highest BCUT2D eigenvalue weighted by molar-refractivity contribution is 7.99. The van der Waals surface area contributed by atoms with E-state index in [-0.39, 0.29) is 16.8 Å². The third kappa shape index (κ3) is 2.94. The van der Waals surface area contributed by atoms with Crippen LogP contribution in [0.15, 0.2) is 63.8 Å². The maximum Gasteiger partial charge on any atom is 0.349 e. The van der Waals surface area contributed by atoms with Gasteiger partial charge in [-0.2, -0.15) is 0 Å². The topological polar surface area (TPSA) is 50.5 Å². The molecule has 2 heterocycles. The molecule has 0 aliphatic carbocycles. The summed E-state index contributed by atoms with van der Waals surface area (Å²) in [4.78, 5) is 27.0. The van der Waals surface area contributed by atoms with Crippen molar-refractivity contribution >= 4 is 40.2 Å². The molecule has 0 saturated carbocycles. The van der Waals surface area contributed by atoms with Gasteiger partial charge in [-0.25, -0.2) is 4.79 Å². The predicted octanol–water partition coefficient (Wildman–Crippen LogP) is 4.33. The number of fused-ring (bicyclic) bond motifs is 1. The standard InChI is InChI=1S/C19H14ClNO3S/c20-15-7-3-2-6-13(15)18-21(9-10-25-18)17(22)14-11-12-5-1-4-8-16(12)24-19(14)23/h1-8,11,18H,9-10H2/t18-/m0/s1. The molecule has 6 heteroatoms. The molecule has 2 aromatic carbocycles. The molecule has 1 atom stereocenters. The Balaban J connectivity index is 1.74. The molecular weight excluding hydrogens is 358 g/mol. The van der Waals surface area contributed by atoms with E-state index >= 15 is 0 Å². The molecule has 3 aromatic rings. The zero-order chi connectivity index (χ0) is 17.4. The molecule has 0 N–H and O–H groups in total. The zero-order valence-electron chi connectivity index (χ0n) is 13.1. The molecule has 0 bridgehead atoms. The second kappa shape index (κ2) is 6.58. The summed E-state index contributed by atoms with van der Waals surface area (Å²) >= 11 is 7.94. The summed E-state index contributed by atoms with van der Waals surface area (Å²) in [5.74, 6) is 0.468. The number of amides is 1. The first kappa shape index (κ1) is 16.2. The summed E-state index contributed by atoms with van der Waals surface area (Å²) in [6, 6.07) is 16.2. The number of thioether (sulfide) groups is 1. The minimum Gasteiger partial charge on any atom is -0.422 e. The van der Waals surface area contributed by atoms with Crippen molar-refractivity contribution in [2.24, 2.45) is 0 Å². The first-order valence-corrected chi connectivity index (χ1v) is 9.28. The number of carbonyl (C=O) groups excluding carboxylic acids is 1. The minimum atomic E-state index is -0.612. The van der Waals surface area contributed by atoms with Gasteiger partial charge in [-0.1, -0.05) is 48.0 Å². The summed E-state index contributed by atoms with van der Waals surface area (Å²) in [5, 5.41) is 1.14. The summed E-state index contributed by atoms with van der Waals surface area (Å²) < 4.78 is 5.30. The van der Waals surface area contributed by atoms with Gasteiger partial charge in [0.05, 0.1) is 0 Å². The van der Waals surface area contributed by atoms with Crippen LogP contribution in [-0.2, 0) is 0 Å². The van der Waals surface area contributed by atoms with Crippen molar-refractivity contribution < 1.29 is 9.21 Å². The van der Waals surface area contributed by atoms with E-state index in [4.69, 9.17) is 16.0 Å². The minimum absolute atomic E-state index is 0.0539. The van der Waals surface area contributed by atoms with Gasteiger partial charge in [0.2, 0.25) is 0 Å². The van der Waals surface area contributed by atoms with Gasteiger partial charge in [-0.3, -0.25) is 4.79 Å². The van der Waals surface area contributed by atoms with E-state index < -0.39 is 5.63 Å². The van der Waals surface area contributed by atoms with E-state index in [1.807, 2.05) is 36.4 Å². The monoisotopic (exact) mass is 371 g/mol. The zero-order valence-corrected chi connectivity index (χ0v) is 14.7. The van der Waals surface area contributed by atoms with Gasteiger partial charge in [0.25, 0.3) is 5.91 Å². The van der Waals surface area contributed by atoms with Crippen LogP contribution in [0.2, 0.25) is 5.02 Å². The molecule has 1 aliphatic rings. The van der Waals surface area contributed by atoms with Gasteiger partial charge in [0, 0.05) is 28.3 Å². The van der Waals surface area contributed by atoms with Crippen LogP contribution in [-0.4, -0.2) is 23.1 Å². The summed E-state index contributed by atoms with van der Waals surface area (Å²) in [5.41, 5.74) is 0.796. The summed E-state index contributed by atoms with van der Waals surface area (Å²) in [7, 11) is 0. The Kier molecular flexibility index (Phi) is 4.27. The van der Waals surface area contributed by atoms with Crippen molar-refractivity contribution in [1.82, 2.24) is 4.90 Å². The number of hydrogen-bond donors (Lipinski definition) is 0. The van der Waals surface area contributed by atoms with Crippen LogP contribution in [0.5, 0.6) is 0 Å². The Morgan fingerprint density at radius 1 is 1.16 bits per heavy atom. The number of carbonyl (C=O) groups is 1. The van der Waals surface area contributed by atoms with Gasteiger partial charge >= 0.3 is 5.63 Å². The average Bonchev–Trinajstić information content (AvgIpc) is 3.10. The van der Waals surface area contributed by atoms with Crippen molar-refractivity contribution in [3.8, 4) is 0 Å². The van der Waals surface area contributed by atoms with Crippen molar-refractivity contribution in [2.75, 3.05) is 12.3 Å². The average molecular weight is 372 g/mol. The molecule has 25 heavy (non-hydrogen) atoms. The highest BCUT2D eigenvalue weighted by Gasteiger charge is 2.33. The number of rotatable bonds is 2. The van der Waals surface area contributed by atoms with Crippen LogP contribution in [0.4, 0.5) is 0 Å². The molecular formula is C19H14ClNO3S. The lowest BCUT2D eigenvalue weighted by Gasteiger charge is -2.24. The molecule has 0 radical (unpaired) electrons. The summed E-state index contributed by atoms with van der Waals surface area (Å²) in [6.45, 7) is 0.561. The molecule has 1 aliphatic heterocycles. The molecule has 1 aromatic heterocycles. The van der Waals surface area contributed by atoms with Gasteiger partial charge in [0.15, 0.2) is 0 Å². The lowest BCUT2D eigenvalue weighted by molar-refractivity contribution is 0.0756. The smallest absolute Gasteiger partial charge is 0.349 e. The van der Waals surface area contributed by atoms with Crippen LogP contribution in [0.1, 0.15) is 21.3 Å². The molecule has 4 rings (SSSR count). The Bertz CT molecular complexity index is 1020. The lowest BCUT2D eigenvalue weighted by atomic mass is 10.1. The normalized spacial score (nSPS) is 17.2. The molecule has 0 unspecified atom stereocenters. The fraction of sp³-hybridized carbons (Fsp3) is 0.158. The van der Waals surface area contributed by atoms with Gasteiger partial charge < -0.3 is 9.32 Å². The van der Waals surface area contributed by atoms with Crippen LogP contribution in [0.25, 0.3) is 11.0 Å². The lowest BCUT2D eigenvalue weighted by Crippen LogP contribution is -2.33. The van der Waals surface area contributed by atoms with Crippen LogP contribution in [0.3, 0.4) is 0 Å². The maximum absolute atomic E-state index is 13.0. The number of benzene rings is 2.